The highest BCUT2D eigenvalue weighted by Gasteiger charge is 2.12. The van der Waals surface area contributed by atoms with E-state index in [0.717, 1.165) is 6.42 Å². The number of aryl methyl sites for hydroxylation is 1. The van der Waals surface area contributed by atoms with Gasteiger partial charge in [-0.25, -0.2) is 0 Å². The molecule has 2 rings (SSSR count). The number of hydrogen-bond donors (Lipinski definition) is 0. The van der Waals surface area contributed by atoms with Crippen LogP contribution in [0.1, 0.15) is 23.6 Å². The average molecular weight is 170 g/mol. The molecule has 0 amide bonds. The van der Waals surface area contributed by atoms with Crippen molar-refractivity contribution in [3.63, 3.8) is 0 Å². The summed E-state index contributed by atoms with van der Waals surface area (Å²) in [6.45, 7) is 8.18. The fourth-order valence-corrected chi connectivity index (χ4v) is 1.73. The predicted molar refractivity (Wildman–Crippen MR) is 57.7 cm³/mol. The zero-order valence-electron chi connectivity index (χ0n) is 8.22. The molecule has 0 saturated heterocycles. The highest BCUT2D eigenvalue weighted by molar-refractivity contribution is 5.68. The quantitative estimate of drug-likeness (QED) is 0.605. The van der Waals surface area contributed by atoms with E-state index < -0.39 is 0 Å². The van der Waals surface area contributed by atoms with Crippen LogP contribution in [0.4, 0.5) is 0 Å². The second-order valence-electron chi connectivity index (χ2n) is 3.83. The van der Waals surface area contributed by atoms with Crippen molar-refractivity contribution in [1.29, 1.82) is 0 Å². The summed E-state index contributed by atoms with van der Waals surface area (Å²) in [4.78, 5) is 0. The first kappa shape index (κ1) is 8.31. The molecule has 0 spiro atoms. The normalized spacial score (nSPS) is 13.8. The number of benzene rings is 1. The van der Waals surface area contributed by atoms with Gasteiger partial charge in [0, 0.05) is 0 Å². The van der Waals surface area contributed by atoms with Crippen molar-refractivity contribution in [2.75, 3.05) is 0 Å². The number of fused-ring (bicyclic) bond motifs is 1. The Labute approximate surface area is 79.6 Å². The maximum absolute atomic E-state index is 3.97. The van der Waals surface area contributed by atoms with Crippen molar-refractivity contribution < 1.29 is 0 Å². The Hall–Kier alpha value is -1.30. The van der Waals surface area contributed by atoms with E-state index in [1.54, 1.807) is 0 Å². The lowest BCUT2D eigenvalue weighted by molar-refractivity contribution is 1.19. The van der Waals surface area contributed by atoms with Crippen LogP contribution in [0.25, 0.3) is 6.08 Å². The van der Waals surface area contributed by atoms with Crippen molar-refractivity contribution in [3.05, 3.63) is 52.6 Å². The highest BCUT2D eigenvalue weighted by Crippen LogP contribution is 2.28. The van der Waals surface area contributed by atoms with Gasteiger partial charge >= 0.3 is 0 Å². The topological polar surface area (TPSA) is 0 Å². The van der Waals surface area contributed by atoms with Gasteiger partial charge in [-0.15, -0.1) is 0 Å². The molecule has 0 radical (unpaired) electrons. The maximum Gasteiger partial charge on any atom is -0.00172 e. The van der Waals surface area contributed by atoms with E-state index in [1.807, 2.05) is 0 Å². The molecular weight excluding hydrogens is 156 g/mol. The van der Waals surface area contributed by atoms with Gasteiger partial charge in [-0.3, -0.25) is 0 Å². The Morgan fingerprint density at radius 1 is 1.38 bits per heavy atom. The SMILES string of the molecule is C=C(C)C1=Cc2cc(C)ccc2C1. The molecular formula is C13H14. The Kier molecular flexibility index (Phi) is 1.84. The van der Waals surface area contributed by atoms with E-state index in [0.29, 0.717) is 0 Å². The Balaban J connectivity index is 2.43. The first-order valence-electron chi connectivity index (χ1n) is 4.63. The molecule has 0 saturated carbocycles. The van der Waals surface area contributed by atoms with Gasteiger partial charge in [0.05, 0.1) is 0 Å². The lowest BCUT2D eigenvalue weighted by Crippen LogP contribution is -1.85. The molecule has 0 nitrogen and oxygen atoms in total. The van der Waals surface area contributed by atoms with Crippen LogP contribution in [-0.2, 0) is 6.42 Å². The minimum absolute atomic E-state index is 1.06. The zero-order chi connectivity index (χ0) is 9.42. The van der Waals surface area contributed by atoms with E-state index >= 15 is 0 Å². The fourth-order valence-electron chi connectivity index (χ4n) is 1.73. The third-order valence-corrected chi connectivity index (χ3v) is 2.56. The summed E-state index contributed by atoms with van der Waals surface area (Å²) in [6, 6.07) is 6.64. The van der Waals surface area contributed by atoms with Crippen LogP contribution in [0.5, 0.6) is 0 Å². The van der Waals surface area contributed by atoms with E-state index in [4.69, 9.17) is 0 Å². The smallest absolute Gasteiger partial charge is 0.00172 e. The minimum Gasteiger partial charge on any atom is -0.0958 e. The molecule has 1 aromatic carbocycles. The van der Waals surface area contributed by atoms with Crippen LogP contribution < -0.4 is 0 Å². The van der Waals surface area contributed by atoms with Crippen molar-refractivity contribution in [2.24, 2.45) is 0 Å². The number of hydrogen-bond acceptors (Lipinski definition) is 0. The van der Waals surface area contributed by atoms with Crippen LogP contribution >= 0.6 is 0 Å². The lowest BCUT2D eigenvalue weighted by atomic mass is 10.1. The molecule has 1 aliphatic rings. The third kappa shape index (κ3) is 1.44. The van der Waals surface area contributed by atoms with Crippen LogP contribution in [0.2, 0.25) is 0 Å². The molecule has 0 heterocycles. The molecule has 0 fully saturated rings. The van der Waals surface area contributed by atoms with Gasteiger partial charge in [0.2, 0.25) is 0 Å². The van der Waals surface area contributed by atoms with Crippen molar-refractivity contribution in [3.8, 4) is 0 Å². The Morgan fingerprint density at radius 2 is 2.15 bits per heavy atom. The average Bonchev–Trinajstić information content (AvgIpc) is 2.46. The van der Waals surface area contributed by atoms with Gasteiger partial charge in [-0.05, 0) is 37.0 Å². The van der Waals surface area contributed by atoms with E-state index in [1.165, 1.54) is 27.8 Å². The standard InChI is InChI=1S/C13H14/c1-9(2)12-7-11-5-4-10(3)6-13(11)8-12/h4-6,8H,1,7H2,2-3H3. The van der Waals surface area contributed by atoms with Crippen LogP contribution in [-0.4, -0.2) is 0 Å². The monoisotopic (exact) mass is 170 g/mol. The summed E-state index contributed by atoms with van der Waals surface area (Å²) in [7, 11) is 0. The maximum atomic E-state index is 3.97. The molecule has 0 aromatic heterocycles. The largest absolute Gasteiger partial charge is 0.0958 e. The molecule has 0 heteroatoms. The second-order valence-corrected chi connectivity index (χ2v) is 3.83. The summed E-state index contributed by atoms with van der Waals surface area (Å²) in [5.74, 6) is 0. The van der Waals surface area contributed by atoms with Gasteiger partial charge in [0.15, 0.2) is 0 Å². The highest BCUT2D eigenvalue weighted by atomic mass is 14.2. The minimum atomic E-state index is 1.06. The van der Waals surface area contributed by atoms with Gasteiger partial charge in [-0.2, -0.15) is 0 Å². The molecule has 0 bridgehead atoms. The van der Waals surface area contributed by atoms with E-state index in [-0.39, 0.29) is 0 Å². The molecule has 0 aliphatic heterocycles. The van der Waals surface area contributed by atoms with Crippen molar-refractivity contribution in [2.45, 2.75) is 20.3 Å². The molecule has 0 atom stereocenters. The molecule has 1 aromatic rings. The number of allylic oxidation sites excluding steroid dienone is 2. The lowest BCUT2D eigenvalue weighted by Gasteiger charge is -1.99. The van der Waals surface area contributed by atoms with Gasteiger partial charge in [0.25, 0.3) is 0 Å². The van der Waals surface area contributed by atoms with Gasteiger partial charge < -0.3 is 0 Å². The molecule has 13 heavy (non-hydrogen) atoms. The van der Waals surface area contributed by atoms with Crippen LogP contribution in [0, 0.1) is 6.92 Å². The first-order chi connectivity index (χ1) is 6.16. The first-order valence-corrected chi connectivity index (χ1v) is 4.63. The van der Waals surface area contributed by atoms with Gasteiger partial charge in [-0.1, -0.05) is 42.0 Å². The van der Waals surface area contributed by atoms with E-state index in [9.17, 15) is 0 Å². The molecule has 0 unspecified atom stereocenters. The third-order valence-electron chi connectivity index (χ3n) is 2.56. The molecule has 66 valence electrons. The van der Waals surface area contributed by atoms with Crippen molar-refractivity contribution in [1.82, 2.24) is 0 Å². The molecule has 1 aliphatic carbocycles. The Bertz CT molecular complexity index is 394. The zero-order valence-corrected chi connectivity index (χ0v) is 8.22. The summed E-state index contributed by atoms with van der Waals surface area (Å²) in [5, 5.41) is 0. The van der Waals surface area contributed by atoms with Crippen LogP contribution in [0.15, 0.2) is 35.9 Å². The van der Waals surface area contributed by atoms with Crippen LogP contribution in [0.3, 0.4) is 0 Å². The predicted octanol–water partition coefficient (Wildman–Crippen LogP) is 3.51. The summed E-state index contributed by atoms with van der Waals surface area (Å²) >= 11 is 0. The summed E-state index contributed by atoms with van der Waals surface area (Å²) in [5.41, 5.74) is 6.70. The fraction of sp³-hybridized carbons (Fsp3) is 0.231. The molecule has 0 N–H and O–H groups in total. The summed E-state index contributed by atoms with van der Waals surface area (Å²) < 4.78 is 0. The Morgan fingerprint density at radius 3 is 2.85 bits per heavy atom. The number of rotatable bonds is 1. The van der Waals surface area contributed by atoms with Gasteiger partial charge in [0.1, 0.15) is 0 Å². The summed E-state index contributed by atoms with van der Waals surface area (Å²) in [6.07, 6.45) is 3.32. The van der Waals surface area contributed by atoms with Crippen molar-refractivity contribution >= 4 is 6.08 Å². The van der Waals surface area contributed by atoms with E-state index in [2.05, 4.69) is 44.7 Å². The second kappa shape index (κ2) is 2.88.